The SMILES string of the molecule is CNc1nc(NCc2ccccc2Cl)cc(-c2cccc(OC(F)(F)F)c2)n1. The largest absolute Gasteiger partial charge is 0.573 e. The quantitative estimate of drug-likeness (QED) is 0.575. The predicted molar refractivity (Wildman–Crippen MR) is 102 cm³/mol. The molecular formula is C19H16ClF3N4O. The Bertz CT molecular complexity index is 966. The van der Waals surface area contributed by atoms with E-state index in [2.05, 4.69) is 25.3 Å². The van der Waals surface area contributed by atoms with Crippen molar-refractivity contribution >= 4 is 23.4 Å². The fourth-order valence-electron chi connectivity index (χ4n) is 2.48. The van der Waals surface area contributed by atoms with Gasteiger partial charge in [-0.3, -0.25) is 0 Å². The highest BCUT2D eigenvalue weighted by Crippen LogP contribution is 2.28. The van der Waals surface area contributed by atoms with E-state index >= 15 is 0 Å². The van der Waals surface area contributed by atoms with E-state index < -0.39 is 6.36 Å². The molecule has 0 aliphatic rings. The molecule has 2 N–H and O–H groups in total. The highest BCUT2D eigenvalue weighted by atomic mass is 35.5. The third-order valence-corrected chi connectivity index (χ3v) is 4.10. The highest BCUT2D eigenvalue weighted by molar-refractivity contribution is 6.31. The second-order valence-corrected chi connectivity index (χ2v) is 6.14. The molecule has 0 bridgehead atoms. The molecule has 0 aliphatic carbocycles. The number of hydrogen-bond acceptors (Lipinski definition) is 5. The van der Waals surface area contributed by atoms with Crippen LogP contribution < -0.4 is 15.4 Å². The number of aromatic nitrogens is 2. The molecule has 0 amide bonds. The lowest BCUT2D eigenvalue weighted by Crippen LogP contribution is -2.17. The van der Waals surface area contributed by atoms with Crippen LogP contribution in [0.5, 0.6) is 5.75 Å². The molecule has 0 aliphatic heterocycles. The van der Waals surface area contributed by atoms with Crippen LogP contribution in [0.1, 0.15) is 5.56 Å². The van der Waals surface area contributed by atoms with Crippen molar-refractivity contribution in [1.29, 1.82) is 0 Å². The summed E-state index contributed by atoms with van der Waals surface area (Å²) >= 11 is 6.16. The number of halogens is 4. The summed E-state index contributed by atoms with van der Waals surface area (Å²) in [5, 5.41) is 6.61. The van der Waals surface area contributed by atoms with E-state index in [4.69, 9.17) is 11.6 Å². The average molecular weight is 409 g/mol. The van der Waals surface area contributed by atoms with Gasteiger partial charge in [0.05, 0.1) is 5.69 Å². The Morgan fingerprint density at radius 3 is 2.54 bits per heavy atom. The third kappa shape index (κ3) is 5.26. The number of rotatable bonds is 6. The molecule has 1 aromatic heterocycles. The topological polar surface area (TPSA) is 59.1 Å². The molecule has 3 rings (SSSR count). The molecule has 9 heteroatoms. The van der Waals surface area contributed by atoms with Crippen LogP contribution in [0, 0.1) is 0 Å². The Labute approximate surface area is 164 Å². The molecule has 0 fully saturated rings. The van der Waals surface area contributed by atoms with Crippen molar-refractivity contribution in [2.24, 2.45) is 0 Å². The van der Waals surface area contributed by atoms with Gasteiger partial charge in [0.1, 0.15) is 11.6 Å². The van der Waals surface area contributed by atoms with Crippen LogP contribution in [0.3, 0.4) is 0 Å². The lowest BCUT2D eigenvalue weighted by molar-refractivity contribution is -0.274. The van der Waals surface area contributed by atoms with Crippen LogP contribution in [-0.4, -0.2) is 23.4 Å². The van der Waals surface area contributed by atoms with Crippen molar-refractivity contribution < 1.29 is 17.9 Å². The lowest BCUT2D eigenvalue weighted by Gasteiger charge is -2.12. The van der Waals surface area contributed by atoms with Crippen molar-refractivity contribution in [2.45, 2.75) is 12.9 Å². The van der Waals surface area contributed by atoms with E-state index in [1.807, 2.05) is 18.2 Å². The van der Waals surface area contributed by atoms with Gasteiger partial charge in [-0.1, -0.05) is 41.9 Å². The Balaban J connectivity index is 1.87. The molecule has 0 saturated carbocycles. The number of anilines is 2. The number of hydrogen-bond donors (Lipinski definition) is 2. The first kappa shape index (κ1) is 19.8. The van der Waals surface area contributed by atoms with Crippen LogP contribution >= 0.6 is 11.6 Å². The van der Waals surface area contributed by atoms with Gasteiger partial charge in [0, 0.05) is 30.2 Å². The summed E-state index contributed by atoms with van der Waals surface area (Å²) in [5.41, 5.74) is 1.78. The molecule has 3 aromatic rings. The Morgan fingerprint density at radius 1 is 1.04 bits per heavy atom. The zero-order valence-electron chi connectivity index (χ0n) is 14.7. The summed E-state index contributed by atoms with van der Waals surface area (Å²) in [6, 6.07) is 14.6. The van der Waals surface area contributed by atoms with E-state index in [1.54, 1.807) is 25.2 Å². The number of nitrogens with zero attached hydrogens (tertiary/aromatic N) is 2. The van der Waals surface area contributed by atoms with E-state index in [9.17, 15) is 13.2 Å². The molecule has 5 nitrogen and oxygen atoms in total. The van der Waals surface area contributed by atoms with Gasteiger partial charge < -0.3 is 15.4 Å². The second kappa shape index (κ2) is 8.35. The number of alkyl halides is 3. The summed E-state index contributed by atoms with van der Waals surface area (Å²) in [7, 11) is 1.65. The molecule has 0 saturated heterocycles. The van der Waals surface area contributed by atoms with Crippen molar-refractivity contribution in [3.05, 3.63) is 65.2 Å². The zero-order valence-corrected chi connectivity index (χ0v) is 15.5. The maximum atomic E-state index is 12.5. The van der Waals surface area contributed by atoms with E-state index in [0.29, 0.717) is 34.6 Å². The first-order valence-corrected chi connectivity index (χ1v) is 8.62. The molecule has 146 valence electrons. The Kier molecular flexibility index (Phi) is 5.89. The summed E-state index contributed by atoms with van der Waals surface area (Å²) in [5.74, 6) is 0.498. The van der Waals surface area contributed by atoms with Crippen molar-refractivity contribution in [3.63, 3.8) is 0 Å². The van der Waals surface area contributed by atoms with Crippen LogP contribution in [0.25, 0.3) is 11.3 Å². The fourth-order valence-corrected chi connectivity index (χ4v) is 2.68. The van der Waals surface area contributed by atoms with Crippen molar-refractivity contribution in [1.82, 2.24) is 9.97 Å². The van der Waals surface area contributed by atoms with Gasteiger partial charge in [0.2, 0.25) is 5.95 Å². The average Bonchev–Trinajstić information content (AvgIpc) is 2.66. The van der Waals surface area contributed by atoms with Gasteiger partial charge in [-0.15, -0.1) is 13.2 Å². The van der Waals surface area contributed by atoms with Crippen molar-refractivity contribution in [3.8, 4) is 17.0 Å². The first-order valence-electron chi connectivity index (χ1n) is 8.24. The highest BCUT2D eigenvalue weighted by Gasteiger charge is 2.31. The Morgan fingerprint density at radius 2 is 1.82 bits per heavy atom. The van der Waals surface area contributed by atoms with Crippen LogP contribution in [0.4, 0.5) is 24.9 Å². The maximum Gasteiger partial charge on any atom is 0.573 e. The summed E-state index contributed by atoms with van der Waals surface area (Å²) in [6.07, 6.45) is -4.76. The number of ether oxygens (including phenoxy) is 1. The molecule has 0 unspecified atom stereocenters. The summed E-state index contributed by atoms with van der Waals surface area (Å²) in [4.78, 5) is 8.62. The standard InChI is InChI=1S/C19H16ClF3N4O/c1-24-18-26-16(12-6-4-7-14(9-12)28-19(21,22)23)10-17(27-18)25-11-13-5-2-3-8-15(13)20/h2-10H,11H2,1H3,(H2,24,25,26,27). The third-order valence-electron chi connectivity index (χ3n) is 3.73. The predicted octanol–water partition coefficient (Wildman–Crippen LogP) is 5.35. The smallest absolute Gasteiger partial charge is 0.406 e. The minimum atomic E-state index is -4.76. The van der Waals surface area contributed by atoms with Crippen molar-refractivity contribution in [2.75, 3.05) is 17.7 Å². The lowest BCUT2D eigenvalue weighted by atomic mass is 10.1. The maximum absolute atomic E-state index is 12.5. The normalized spacial score (nSPS) is 11.2. The number of benzene rings is 2. The van der Waals surface area contributed by atoms with Gasteiger partial charge in [0.15, 0.2) is 0 Å². The molecule has 0 atom stereocenters. The van der Waals surface area contributed by atoms with E-state index in [0.717, 1.165) is 5.56 Å². The van der Waals surface area contributed by atoms with Gasteiger partial charge in [-0.05, 0) is 23.8 Å². The van der Waals surface area contributed by atoms with E-state index in [1.165, 1.54) is 18.2 Å². The molecule has 28 heavy (non-hydrogen) atoms. The first-order chi connectivity index (χ1) is 13.3. The second-order valence-electron chi connectivity index (χ2n) is 5.73. The van der Waals surface area contributed by atoms with Crippen LogP contribution in [0.15, 0.2) is 54.6 Å². The summed E-state index contributed by atoms with van der Waals surface area (Å²) in [6.45, 7) is 0.427. The molecule has 0 radical (unpaired) electrons. The molecule has 2 aromatic carbocycles. The van der Waals surface area contributed by atoms with Crippen LogP contribution in [-0.2, 0) is 6.54 Å². The molecule has 1 heterocycles. The monoisotopic (exact) mass is 408 g/mol. The van der Waals surface area contributed by atoms with E-state index in [-0.39, 0.29) is 5.75 Å². The fraction of sp³-hybridized carbons (Fsp3) is 0.158. The molecular weight excluding hydrogens is 393 g/mol. The molecule has 0 spiro atoms. The van der Waals surface area contributed by atoms with Gasteiger partial charge in [-0.25, -0.2) is 4.98 Å². The van der Waals surface area contributed by atoms with Crippen LogP contribution in [0.2, 0.25) is 5.02 Å². The minimum absolute atomic E-state index is 0.319. The van der Waals surface area contributed by atoms with Gasteiger partial charge >= 0.3 is 6.36 Å². The Hall–Kier alpha value is -3.00. The summed E-state index contributed by atoms with van der Waals surface area (Å²) < 4.78 is 41.4. The van der Waals surface area contributed by atoms with Gasteiger partial charge in [-0.2, -0.15) is 4.98 Å². The van der Waals surface area contributed by atoms with Gasteiger partial charge in [0.25, 0.3) is 0 Å². The minimum Gasteiger partial charge on any atom is -0.406 e. The number of nitrogens with one attached hydrogen (secondary N) is 2. The zero-order chi connectivity index (χ0) is 20.1.